The molecule has 0 aliphatic heterocycles. The van der Waals surface area contributed by atoms with Crippen molar-refractivity contribution in [1.82, 2.24) is 0 Å². The highest BCUT2D eigenvalue weighted by atomic mass is 19.3. The first kappa shape index (κ1) is 16.7. The zero-order valence-electron chi connectivity index (χ0n) is 10.9. The Hall–Kier alpha value is -0.280. The zero-order valence-corrected chi connectivity index (χ0v) is 10.9. The Labute approximate surface area is 102 Å². The minimum atomic E-state index is -2.58. The lowest BCUT2D eigenvalue weighted by molar-refractivity contribution is -0.0211. The number of halogens is 4. The highest BCUT2D eigenvalue weighted by molar-refractivity contribution is 4.66. The predicted molar refractivity (Wildman–Crippen MR) is 62.8 cm³/mol. The van der Waals surface area contributed by atoms with Gasteiger partial charge in [-0.3, -0.25) is 0 Å². The second kappa shape index (κ2) is 7.93. The molecule has 0 aliphatic rings. The van der Waals surface area contributed by atoms with Gasteiger partial charge >= 0.3 is 0 Å². The van der Waals surface area contributed by atoms with Crippen LogP contribution in [0.4, 0.5) is 17.6 Å². The van der Waals surface area contributed by atoms with Crippen LogP contribution in [0.3, 0.4) is 0 Å². The Bertz CT molecular complexity index is 190. The van der Waals surface area contributed by atoms with E-state index in [1.807, 2.05) is 0 Å². The smallest absolute Gasteiger partial charge is 0.207 e. The third-order valence-electron chi connectivity index (χ3n) is 2.97. The van der Waals surface area contributed by atoms with E-state index in [4.69, 9.17) is 0 Å². The molecular formula is C13H24F4. The molecule has 0 bridgehead atoms. The first-order valence-electron chi connectivity index (χ1n) is 6.58. The van der Waals surface area contributed by atoms with Crippen molar-refractivity contribution in [2.75, 3.05) is 0 Å². The lowest BCUT2D eigenvalue weighted by Crippen LogP contribution is -2.15. The number of alkyl halides is 4. The summed E-state index contributed by atoms with van der Waals surface area (Å²) >= 11 is 0. The summed E-state index contributed by atoms with van der Waals surface area (Å²) < 4.78 is 51.8. The molecule has 0 aliphatic carbocycles. The molecule has 0 N–H and O–H groups in total. The van der Waals surface area contributed by atoms with Crippen LogP contribution in [-0.2, 0) is 0 Å². The minimum Gasteiger partial charge on any atom is -0.207 e. The van der Waals surface area contributed by atoms with E-state index >= 15 is 0 Å². The van der Waals surface area contributed by atoms with Crippen LogP contribution in [0.5, 0.6) is 0 Å². The number of unbranched alkanes of at least 4 members (excludes halogenated alkanes) is 3. The van der Waals surface area contributed by atoms with E-state index in [2.05, 4.69) is 0 Å². The summed E-state index contributed by atoms with van der Waals surface area (Å²) in [6.07, 6.45) is 2.17. The molecule has 17 heavy (non-hydrogen) atoms. The van der Waals surface area contributed by atoms with Crippen LogP contribution in [0.15, 0.2) is 0 Å². The van der Waals surface area contributed by atoms with Gasteiger partial charge in [-0.1, -0.05) is 33.1 Å². The van der Waals surface area contributed by atoms with Gasteiger partial charge in [-0.2, -0.15) is 0 Å². The van der Waals surface area contributed by atoms with Crippen LogP contribution in [-0.4, -0.2) is 11.8 Å². The van der Waals surface area contributed by atoms with Gasteiger partial charge in [0.1, 0.15) is 0 Å². The summed E-state index contributed by atoms with van der Waals surface area (Å²) in [5, 5.41) is 0. The van der Waals surface area contributed by atoms with E-state index < -0.39 is 11.8 Å². The molecule has 0 nitrogen and oxygen atoms in total. The quantitative estimate of drug-likeness (QED) is 0.342. The summed E-state index contributed by atoms with van der Waals surface area (Å²) in [4.78, 5) is 0. The fourth-order valence-electron chi connectivity index (χ4n) is 1.79. The lowest BCUT2D eigenvalue weighted by atomic mass is 10.0. The van der Waals surface area contributed by atoms with Crippen molar-refractivity contribution in [3.8, 4) is 0 Å². The van der Waals surface area contributed by atoms with Gasteiger partial charge in [0.2, 0.25) is 11.8 Å². The van der Waals surface area contributed by atoms with E-state index in [1.54, 1.807) is 6.92 Å². The fraction of sp³-hybridized carbons (Fsp3) is 1.00. The maximum Gasteiger partial charge on any atom is 0.248 e. The first-order valence-corrected chi connectivity index (χ1v) is 6.58. The van der Waals surface area contributed by atoms with Crippen LogP contribution < -0.4 is 0 Å². The van der Waals surface area contributed by atoms with Crippen molar-refractivity contribution in [1.29, 1.82) is 0 Å². The third kappa shape index (κ3) is 9.42. The van der Waals surface area contributed by atoms with Crippen molar-refractivity contribution in [3.05, 3.63) is 0 Å². The molecule has 0 fully saturated rings. The molecule has 0 amide bonds. The monoisotopic (exact) mass is 256 g/mol. The number of hydrogen-bond donors (Lipinski definition) is 0. The predicted octanol–water partition coefficient (Wildman–Crippen LogP) is 5.81. The van der Waals surface area contributed by atoms with Crippen molar-refractivity contribution in [3.63, 3.8) is 0 Å². The standard InChI is InChI=1S/C13H24F4/c1-3-9-13(16,17)11-8-6-5-7-10-12(14,15)4-2/h3-11H2,1-2H3. The van der Waals surface area contributed by atoms with Gasteiger partial charge in [-0.05, 0) is 12.8 Å². The molecule has 0 atom stereocenters. The van der Waals surface area contributed by atoms with Gasteiger partial charge in [0.05, 0.1) is 0 Å². The highest BCUT2D eigenvalue weighted by Crippen LogP contribution is 2.28. The molecule has 0 aromatic carbocycles. The first-order chi connectivity index (χ1) is 7.83. The SMILES string of the molecule is CCCC(F)(F)CCCCCCC(F)(F)CC. The van der Waals surface area contributed by atoms with E-state index in [1.165, 1.54) is 6.92 Å². The van der Waals surface area contributed by atoms with Crippen LogP contribution in [0.1, 0.15) is 71.6 Å². The summed E-state index contributed by atoms with van der Waals surface area (Å²) in [6.45, 7) is 3.20. The Morgan fingerprint density at radius 3 is 1.53 bits per heavy atom. The Balaban J connectivity index is 3.47. The minimum absolute atomic E-state index is 0.0685. The van der Waals surface area contributed by atoms with Crippen molar-refractivity contribution < 1.29 is 17.6 Å². The third-order valence-corrected chi connectivity index (χ3v) is 2.97. The van der Waals surface area contributed by atoms with E-state index in [9.17, 15) is 17.6 Å². The van der Waals surface area contributed by atoms with E-state index in [0.29, 0.717) is 32.1 Å². The van der Waals surface area contributed by atoms with E-state index in [-0.39, 0.29) is 25.7 Å². The summed E-state index contributed by atoms with van der Waals surface area (Å²) in [7, 11) is 0. The van der Waals surface area contributed by atoms with E-state index in [0.717, 1.165) is 0 Å². The number of rotatable bonds is 10. The Morgan fingerprint density at radius 1 is 0.647 bits per heavy atom. The van der Waals surface area contributed by atoms with Crippen molar-refractivity contribution in [2.24, 2.45) is 0 Å². The molecule has 0 saturated heterocycles. The molecule has 104 valence electrons. The van der Waals surface area contributed by atoms with Crippen molar-refractivity contribution >= 4 is 0 Å². The maximum absolute atomic E-state index is 13.1. The maximum atomic E-state index is 13.1. The molecule has 4 heteroatoms. The summed E-state index contributed by atoms with van der Waals surface area (Å²) in [5.74, 6) is -5.14. The van der Waals surface area contributed by atoms with Gasteiger partial charge in [-0.25, -0.2) is 17.6 Å². The summed E-state index contributed by atoms with van der Waals surface area (Å²) in [5.41, 5.74) is 0. The molecule has 0 spiro atoms. The van der Waals surface area contributed by atoms with Gasteiger partial charge in [0.25, 0.3) is 0 Å². The highest BCUT2D eigenvalue weighted by Gasteiger charge is 2.27. The lowest BCUT2D eigenvalue weighted by Gasteiger charge is -2.15. The molecule has 0 unspecified atom stereocenters. The Kier molecular flexibility index (Phi) is 7.80. The molecule has 0 rings (SSSR count). The molecule has 0 saturated carbocycles. The summed E-state index contributed by atoms with van der Waals surface area (Å²) in [6, 6.07) is 0. The van der Waals surface area contributed by atoms with Gasteiger partial charge in [-0.15, -0.1) is 0 Å². The van der Waals surface area contributed by atoms with Crippen LogP contribution in [0.2, 0.25) is 0 Å². The zero-order chi connectivity index (χ0) is 13.4. The molecule has 0 aromatic heterocycles. The average Bonchev–Trinajstić information content (AvgIpc) is 2.23. The van der Waals surface area contributed by atoms with Gasteiger partial charge in [0.15, 0.2) is 0 Å². The topological polar surface area (TPSA) is 0 Å². The molecule has 0 heterocycles. The second-order valence-electron chi connectivity index (χ2n) is 4.73. The van der Waals surface area contributed by atoms with Crippen molar-refractivity contribution in [2.45, 2.75) is 83.5 Å². The van der Waals surface area contributed by atoms with Crippen LogP contribution in [0.25, 0.3) is 0 Å². The van der Waals surface area contributed by atoms with Gasteiger partial charge < -0.3 is 0 Å². The van der Waals surface area contributed by atoms with Crippen LogP contribution >= 0.6 is 0 Å². The molecule has 0 radical (unpaired) electrons. The second-order valence-corrected chi connectivity index (χ2v) is 4.73. The average molecular weight is 256 g/mol. The van der Waals surface area contributed by atoms with Gasteiger partial charge in [0, 0.05) is 25.7 Å². The molecular weight excluding hydrogens is 232 g/mol. The molecule has 0 aromatic rings. The Morgan fingerprint density at radius 2 is 1.12 bits per heavy atom. The fourth-order valence-corrected chi connectivity index (χ4v) is 1.79. The normalized spacial score (nSPS) is 13.1. The van der Waals surface area contributed by atoms with Crippen LogP contribution in [0, 0.1) is 0 Å². The largest absolute Gasteiger partial charge is 0.248 e. The number of hydrogen-bond acceptors (Lipinski definition) is 0.